The maximum absolute atomic E-state index is 11.9. The molecular weight excluding hydrogens is 548 g/mol. The average molecular weight is 579 g/mol. The van der Waals surface area contributed by atoms with E-state index >= 15 is 0 Å². The minimum absolute atomic E-state index is 0.0812. The summed E-state index contributed by atoms with van der Waals surface area (Å²) in [6, 6.07) is 19.4. The van der Waals surface area contributed by atoms with Crippen molar-refractivity contribution in [3.8, 4) is 23.0 Å². The van der Waals surface area contributed by atoms with Gasteiger partial charge in [0.25, 0.3) is 0 Å². The van der Waals surface area contributed by atoms with Crippen LogP contribution in [0.5, 0.6) is 23.0 Å². The number of benzene rings is 4. The van der Waals surface area contributed by atoms with E-state index in [9.17, 15) is 9.59 Å². The molecule has 0 N–H and O–H groups in total. The summed E-state index contributed by atoms with van der Waals surface area (Å²) in [5, 5.41) is 3.95. The van der Waals surface area contributed by atoms with Crippen LogP contribution in [-0.4, -0.2) is 11.9 Å². The summed E-state index contributed by atoms with van der Waals surface area (Å²) in [6.07, 6.45) is 17.5. The molecule has 3 aliphatic rings. The van der Waals surface area contributed by atoms with Gasteiger partial charge in [-0.05, 0) is 94.8 Å². The molecule has 2 aliphatic carbocycles. The van der Waals surface area contributed by atoms with Gasteiger partial charge in [-0.1, -0.05) is 73.4 Å². The lowest BCUT2D eigenvalue weighted by Gasteiger charge is -2.33. The molecule has 0 amide bonds. The zero-order valence-corrected chi connectivity index (χ0v) is 24.2. The van der Waals surface area contributed by atoms with E-state index in [1.807, 2.05) is 60.7 Å². The summed E-state index contributed by atoms with van der Waals surface area (Å²) < 4.78 is 17.5. The topological polar surface area (TPSA) is 61.8 Å². The number of hydrogen-bond donors (Lipinski definition) is 0. The zero-order valence-electron chi connectivity index (χ0n) is 24.2. The van der Waals surface area contributed by atoms with Gasteiger partial charge in [0.2, 0.25) is 0 Å². The Bertz CT molecular complexity index is 1910. The second-order valence-corrected chi connectivity index (χ2v) is 11.1. The number of esters is 2. The number of rotatable bonds is 6. The highest BCUT2D eigenvalue weighted by Crippen LogP contribution is 2.54. The lowest BCUT2D eigenvalue weighted by molar-refractivity contribution is -0.129. The predicted octanol–water partition coefficient (Wildman–Crippen LogP) is 9.34. The molecule has 0 bridgehead atoms. The first-order valence-electron chi connectivity index (χ1n) is 14.8. The van der Waals surface area contributed by atoms with Gasteiger partial charge in [-0.3, -0.25) is 0 Å². The standard InChI is InChI=1S/C39H30O5/c1-3-35(40)42-29-16-18-31-27(22-29)14-20-33-38(31)37(26-12-10-25(11-13-26)24-8-6-5-7-9-24)39-32-19-17-30(43-36(41)4-2)23-28(32)15-21-34(39)44-33/h3-6,8,10,12,14-23,37H,1-2,7,9,11,13H2. The van der Waals surface area contributed by atoms with Crippen molar-refractivity contribution >= 4 is 33.5 Å². The van der Waals surface area contributed by atoms with E-state index in [0.29, 0.717) is 11.5 Å². The molecule has 1 aliphatic heterocycles. The van der Waals surface area contributed by atoms with Crippen LogP contribution in [0.2, 0.25) is 0 Å². The van der Waals surface area contributed by atoms with Crippen molar-refractivity contribution in [3.05, 3.63) is 144 Å². The largest absolute Gasteiger partial charge is 0.457 e. The van der Waals surface area contributed by atoms with Crippen LogP contribution < -0.4 is 14.2 Å². The molecule has 0 spiro atoms. The van der Waals surface area contributed by atoms with Crippen LogP contribution in [0.3, 0.4) is 0 Å². The molecular formula is C39H30O5. The third kappa shape index (κ3) is 4.96. The molecule has 0 unspecified atom stereocenters. The highest BCUT2D eigenvalue weighted by molar-refractivity contribution is 5.96. The van der Waals surface area contributed by atoms with E-state index in [1.54, 1.807) is 0 Å². The third-order valence-electron chi connectivity index (χ3n) is 8.53. The number of ether oxygens (including phenoxy) is 3. The van der Waals surface area contributed by atoms with E-state index in [4.69, 9.17) is 14.2 Å². The predicted molar refractivity (Wildman–Crippen MR) is 173 cm³/mol. The van der Waals surface area contributed by atoms with Gasteiger partial charge in [-0.15, -0.1) is 0 Å². The Labute approximate surface area is 255 Å². The van der Waals surface area contributed by atoms with E-state index in [1.165, 1.54) is 16.7 Å². The van der Waals surface area contributed by atoms with Gasteiger partial charge in [0.1, 0.15) is 23.0 Å². The molecule has 5 heteroatoms. The Morgan fingerprint density at radius 3 is 1.80 bits per heavy atom. The van der Waals surface area contributed by atoms with Crippen molar-refractivity contribution in [1.29, 1.82) is 0 Å². The number of hydrogen-bond acceptors (Lipinski definition) is 5. The van der Waals surface area contributed by atoms with Crippen LogP contribution in [0.15, 0.2) is 133 Å². The van der Waals surface area contributed by atoms with E-state index in [2.05, 4.69) is 43.5 Å². The van der Waals surface area contributed by atoms with Gasteiger partial charge >= 0.3 is 11.9 Å². The molecule has 7 rings (SSSR count). The molecule has 4 aromatic carbocycles. The molecule has 0 atom stereocenters. The first kappa shape index (κ1) is 27.4. The Hall–Kier alpha value is -5.42. The van der Waals surface area contributed by atoms with Crippen molar-refractivity contribution in [2.24, 2.45) is 0 Å². The van der Waals surface area contributed by atoms with Crippen molar-refractivity contribution in [3.63, 3.8) is 0 Å². The van der Waals surface area contributed by atoms with Crippen LogP contribution >= 0.6 is 0 Å². The molecule has 0 aromatic heterocycles. The maximum atomic E-state index is 11.9. The summed E-state index contributed by atoms with van der Waals surface area (Å²) in [4.78, 5) is 23.8. The summed E-state index contributed by atoms with van der Waals surface area (Å²) in [6.45, 7) is 7.01. The quantitative estimate of drug-likeness (QED) is 0.130. The molecule has 1 heterocycles. The number of allylic oxidation sites excluding steroid dienone is 8. The zero-order chi connectivity index (χ0) is 30.2. The van der Waals surface area contributed by atoms with Gasteiger partial charge in [0.05, 0.1) is 0 Å². The summed E-state index contributed by atoms with van der Waals surface area (Å²) in [5.74, 6) is 1.45. The van der Waals surface area contributed by atoms with Crippen LogP contribution in [0.4, 0.5) is 0 Å². The lowest BCUT2D eigenvalue weighted by atomic mass is 9.75. The molecule has 216 valence electrons. The molecule has 5 nitrogen and oxygen atoms in total. The first-order valence-corrected chi connectivity index (χ1v) is 14.8. The summed E-state index contributed by atoms with van der Waals surface area (Å²) in [5.41, 5.74) is 6.26. The number of fused-ring (bicyclic) bond motifs is 6. The maximum Gasteiger partial charge on any atom is 0.335 e. The lowest BCUT2D eigenvalue weighted by Crippen LogP contribution is -2.15. The number of carbonyl (C=O) groups is 2. The first-order chi connectivity index (χ1) is 21.5. The van der Waals surface area contributed by atoms with E-state index in [-0.39, 0.29) is 5.92 Å². The van der Waals surface area contributed by atoms with Crippen molar-refractivity contribution in [1.82, 2.24) is 0 Å². The summed E-state index contributed by atoms with van der Waals surface area (Å²) >= 11 is 0. The highest BCUT2D eigenvalue weighted by atomic mass is 16.5. The van der Waals surface area contributed by atoms with Gasteiger partial charge in [-0.25, -0.2) is 9.59 Å². The molecule has 4 aromatic rings. The van der Waals surface area contributed by atoms with Gasteiger partial charge in [0, 0.05) is 29.2 Å². The summed E-state index contributed by atoms with van der Waals surface area (Å²) in [7, 11) is 0. The minimum Gasteiger partial charge on any atom is -0.457 e. The fourth-order valence-corrected chi connectivity index (χ4v) is 6.51. The molecule has 44 heavy (non-hydrogen) atoms. The van der Waals surface area contributed by atoms with E-state index < -0.39 is 11.9 Å². The molecule has 0 radical (unpaired) electrons. The Morgan fingerprint density at radius 2 is 1.30 bits per heavy atom. The van der Waals surface area contributed by atoms with E-state index in [0.717, 1.165) is 82.0 Å². The van der Waals surface area contributed by atoms with Crippen LogP contribution in [0.25, 0.3) is 21.5 Å². The highest BCUT2D eigenvalue weighted by Gasteiger charge is 2.34. The molecule has 0 fully saturated rings. The molecule has 0 saturated heterocycles. The average Bonchev–Trinajstić information content (AvgIpc) is 3.07. The Balaban J connectivity index is 1.41. The third-order valence-corrected chi connectivity index (χ3v) is 8.53. The monoisotopic (exact) mass is 578 g/mol. The molecule has 0 saturated carbocycles. The minimum atomic E-state index is -0.499. The second-order valence-electron chi connectivity index (χ2n) is 11.1. The van der Waals surface area contributed by atoms with Crippen LogP contribution in [0, 0.1) is 0 Å². The normalized spacial score (nSPS) is 15.7. The fraction of sp³-hybridized carbons (Fsp3) is 0.128. The van der Waals surface area contributed by atoms with Crippen molar-refractivity contribution < 1.29 is 23.8 Å². The van der Waals surface area contributed by atoms with Gasteiger partial charge < -0.3 is 14.2 Å². The Kier molecular flexibility index (Phi) is 7.07. The van der Waals surface area contributed by atoms with Gasteiger partial charge in [-0.2, -0.15) is 0 Å². The van der Waals surface area contributed by atoms with Gasteiger partial charge in [0.15, 0.2) is 0 Å². The SMILES string of the molecule is C=CC(=O)Oc1ccc2c3c(ccc2c1)Oc1ccc2cc(OC(=O)C=C)ccc2c1C3C1=CC=C(C2=CC=CCC2)CC1. The van der Waals surface area contributed by atoms with Crippen LogP contribution in [-0.2, 0) is 9.59 Å². The Morgan fingerprint density at radius 1 is 0.705 bits per heavy atom. The van der Waals surface area contributed by atoms with Crippen LogP contribution in [0.1, 0.15) is 42.7 Å². The van der Waals surface area contributed by atoms with Crippen molar-refractivity contribution in [2.45, 2.75) is 31.6 Å². The van der Waals surface area contributed by atoms with Crippen molar-refractivity contribution in [2.75, 3.05) is 0 Å². The smallest absolute Gasteiger partial charge is 0.335 e. The second kappa shape index (κ2) is 11.3. The fourth-order valence-electron chi connectivity index (χ4n) is 6.51. The number of carbonyl (C=O) groups excluding carboxylic acids is 2.